The second-order valence-corrected chi connectivity index (χ2v) is 6.52. The Hall–Kier alpha value is -2.34. The number of aromatic amines is 1. The molecule has 0 aliphatic heterocycles. The van der Waals surface area contributed by atoms with Crippen LogP contribution in [-0.4, -0.2) is 24.7 Å². The van der Waals surface area contributed by atoms with Crippen molar-refractivity contribution in [3.8, 4) is 28.7 Å². The molecule has 0 aliphatic carbocycles. The number of nitrogens with one attached hydrogen (secondary N) is 1. The Bertz CT molecular complexity index is 1040. The molecule has 124 valence electrons. The van der Waals surface area contributed by atoms with Crippen LogP contribution < -0.4 is 0 Å². The molecule has 0 amide bonds. The van der Waals surface area contributed by atoms with Gasteiger partial charge in [-0.1, -0.05) is 34.8 Å². The first-order chi connectivity index (χ1) is 12.1. The molecular formula is C17H10Cl3N5. The molecule has 4 aromatic rings. The van der Waals surface area contributed by atoms with E-state index >= 15 is 0 Å². The zero-order valence-electron chi connectivity index (χ0n) is 12.6. The molecule has 1 N–H and O–H groups in total. The molecule has 8 heteroatoms. The molecule has 0 fully saturated rings. The molecule has 2 aromatic carbocycles. The van der Waals surface area contributed by atoms with Crippen molar-refractivity contribution in [1.82, 2.24) is 24.7 Å². The van der Waals surface area contributed by atoms with E-state index in [4.69, 9.17) is 34.8 Å². The summed E-state index contributed by atoms with van der Waals surface area (Å²) in [4.78, 5) is 8.89. The number of hydrogen-bond donors (Lipinski definition) is 1. The van der Waals surface area contributed by atoms with E-state index in [1.807, 2.05) is 12.1 Å². The van der Waals surface area contributed by atoms with Crippen LogP contribution in [0.25, 0.3) is 28.7 Å². The molecule has 0 saturated heterocycles. The SMILES string of the molecule is Clc1ccc(-c2nc(-n3ccnc3-c3cc(Cl)ccc3Cl)n[nH]2)cc1. The average Bonchev–Trinajstić information content (AvgIpc) is 3.26. The highest BCUT2D eigenvalue weighted by molar-refractivity contribution is 6.35. The van der Waals surface area contributed by atoms with Gasteiger partial charge in [0.15, 0.2) is 5.82 Å². The molecular weight excluding hydrogens is 381 g/mol. The molecule has 2 heterocycles. The van der Waals surface area contributed by atoms with Crippen molar-refractivity contribution in [2.75, 3.05) is 0 Å². The number of H-pyrrole nitrogens is 1. The van der Waals surface area contributed by atoms with Gasteiger partial charge in [-0.15, -0.1) is 5.10 Å². The number of benzene rings is 2. The van der Waals surface area contributed by atoms with E-state index in [2.05, 4.69) is 20.2 Å². The number of hydrogen-bond acceptors (Lipinski definition) is 3. The van der Waals surface area contributed by atoms with Crippen LogP contribution in [0.4, 0.5) is 0 Å². The van der Waals surface area contributed by atoms with Gasteiger partial charge in [-0.2, -0.15) is 4.98 Å². The van der Waals surface area contributed by atoms with Crippen molar-refractivity contribution in [2.45, 2.75) is 0 Å². The Morgan fingerprint density at radius 3 is 2.48 bits per heavy atom. The zero-order valence-corrected chi connectivity index (χ0v) is 14.9. The van der Waals surface area contributed by atoms with Crippen molar-refractivity contribution in [1.29, 1.82) is 0 Å². The highest BCUT2D eigenvalue weighted by Crippen LogP contribution is 2.30. The molecule has 25 heavy (non-hydrogen) atoms. The summed E-state index contributed by atoms with van der Waals surface area (Å²) in [6.07, 6.45) is 3.42. The van der Waals surface area contributed by atoms with Crippen LogP contribution in [0.15, 0.2) is 54.9 Å². The molecule has 5 nitrogen and oxygen atoms in total. The van der Waals surface area contributed by atoms with Gasteiger partial charge in [0.25, 0.3) is 5.95 Å². The first-order valence-corrected chi connectivity index (χ1v) is 8.43. The van der Waals surface area contributed by atoms with Gasteiger partial charge in [0.05, 0.1) is 5.02 Å². The monoisotopic (exact) mass is 389 g/mol. The molecule has 0 atom stereocenters. The summed E-state index contributed by atoms with van der Waals surface area (Å²) in [7, 11) is 0. The normalized spacial score (nSPS) is 11.0. The van der Waals surface area contributed by atoms with Crippen molar-refractivity contribution < 1.29 is 0 Å². The first kappa shape index (κ1) is 16.1. The Kier molecular flexibility index (Phi) is 4.21. The lowest BCUT2D eigenvalue weighted by atomic mass is 10.2. The van der Waals surface area contributed by atoms with Gasteiger partial charge >= 0.3 is 0 Å². The van der Waals surface area contributed by atoms with Gasteiger partial charge in [-0.3, -0.25) is 9.67 Å². The third-order valence-electron chi connectivity index (χ3n) is 3.62. The van der Waals surface area contributed by atoms with Crippen LogP contribution >= 0.6 is 34.8 Å². The maximum absolute atomic E-state index is 6.29. The number of halogens is 3. The van der Waals surface area contributed by atoms with Crippen LogP contribution in [0, 0.1) is 0 Å². The van der Waals surface area contributed by atoms with Gasteiger partial charge < -0.3 is 0 Å². The fraction of sp³-hybridized carbons (Fsp3) is 0. The summed E-state index contributed by atoms with van der Waals surface area (Å²) >= 11 is 18.3. The molecule has 0 radical (unpaired) electrons. The van der Waals surface area contributed by atoms with E-state index in [-0.39, 0.29) is 0 Å². The van der Waals surface area contributed by atoms with Crippen molar-refractivity contribution in [3.05, 3.63) is 69.9 Å². The molecule has 0 bridgehead atoms. The first-order valence-electron chi connectivity index (χ1n) is 7.29. The van der Waals surface area contributed by atoms with E-state index in [9.17, 15) is 0 Å². The fourth-order valence-electron chi connectivity index (χ4n) is 2.43. The van der Waals surface area contributed by atoms with E-state index in [0.717, 1.165) is 5.56 Å². The number of aromatic nitrogens is 5. The minimum atomic E-state index is 0.452. The predicted octanol–water partition coefficient (Wildman–Crippen LogP) is 5.28. The van der Waals surface area contributed by atoms with Crippen LogP contribution in [0.5, 0.6) is 0 Å². The van der Waals surface area contributed by atoms with Gasteiger partial charge in [0.1, 0.15) is 5.82 Å². The van der Waals surface area contributed by atoms with E-state index < -0.39 is 0 Å². The van der Waals surface area contributed by atoms with Gasteiger partial charge in [-0.05, 0) is 42.5 Å². The molecule has 0 aliphatic rings. The highest BCUT2D eigenvalue weighted by Gasteiger charge is 2.15. The smallest absolute Gasteiger partial charge is 0.254 e. The average molecular weight is 391 g/mol. The summed E-state index contributed by atoms with van der Waals surface area (Å²) in [6.45, 7) is 0. The molecule has 0 unspecified atom stereocenters. The van der Waals surface area contributed by atoms with E-state index in [1.165, 1.54) is 0 Å². The number of imidazole rings is 1. The zero-order chi connectivity index (χ0) is 17.4. The maximum Gasteiger partial charge on any atom is 0.254 e. The molecule has 2 aromatic heterocycles. The largest absolute Gasteiger partial charge is 0.266 e. The third-order valence-corrected chi connectivity index (χ3v) is 4.43. The van der Waals surface area contributed by atoms with Crippen molar-refractivity contribution in [3.63, 3.8) is 0 Å². The lowest BCUT2D eigenvalue weighted by Gasteiger charge is -2.06. The topological polar surface area (TPSA) is 59.4 Å². The summed E-state index contributed by atoms with van der Waals surface area (Å²) in [5.41, 5.74) is 1.59. The van der Waals surface area contributed by atoms with Crippen LogP contribution in [0.3, 0.4) is 0 Å². The predicted molar refractivity (Wildman–Crippen MR) is 99.4 cm³/mol. The van der Waals surface area contributed by atoms with Crippen LogP contribution in [-0.2, 0) is 0 Å². The Morgan fingerprint density at radius 1 is 0.920 bits per heavy atom. The number of rotatable bonds is 3. The summed E-state index contributed by atoms with van der Waals surface area (Å²) < 4.78 is 1.74. The quantitative estimate of drug-likeness (QED) is 0.517. The Balaban J connectivity index is 1.76. The lowest BCUT2D eigenvalue weighted by Crippen LogP contribution is -1.99. The van der Waals surface area contributed by atoms with Crippen LogP contribution in [0.2, 0.25) is 15.1 Å². The Morgan fingerprint density at radius 2 is 1.68 bits per heavy atom. The highest BCUT2D eigenvalue weighted by atomic mass is 35.5. The Labute approximate surface area is 158 Å². The minimum absolute atomic E-state index is 0.452. The minimum Gasteiger partial charge on any atom is -0.266 e. The van der Waals surface area contributed by atoms with Gasteiger partial charge in [-0.25, -0.2) is 4.98 Å². The van der Waals surface area contributed by atoms with E-state index in [1.54, 1.807) is 47.3 Å². The molecule has 0 saturated carbocycles. The third kappa shape index (κ3) is 3.14. The van der Waals surface area contributed by atoms with Crippen molar-refractivity contribution in [2.24, 2.45) is 0 Å². The molecule has 4 rings (SSSR count). The summed E-state index contributed by atoms with van der Waals surface area (Å²) in [5, 5.41) is 8.98. The summed E-state index contributed by atoms with van der Waals surface area (Å²) in [5.74, 6) is 1.69. The van der Waals surface area contributed by atoms with Gasteiger partial charge in [0.2, 0.25) is 0 Å². The van der Waals surface area contributed by atoms with Crippen molar-refractivity contribution >= 4 is 34.8 Å². The standard InChI is InChI=1S/C17H10Cl3N5/c18-11-3-1-10(2-4-11)15-22-17(24-23-15)25-8-7-21-16(25)13-9-12(19)5-6-14(13)20/h1-9H,(H,22,23,24). The maximum atomic E-state index is 6.29. The second-order valence-electron chi connectivity index (χ2n) is 5.24. The van der Waals surface area contributed by atoms with Crippen LogP contribution in [0.1, 0.15) is 0 Å². The lowest BCUT2D eigenvalue weighted by molar-refractivity contribution is 0.939. The van der Waals surface area contributed by atoms with Gasteiger partial charge in [0, 0.05) is 33.6 Å². The summed E-state index contributed by atoms with van der Waals surface area (Å²) in [6, 6.07) is 12.6. The fourth-order valence-corrected chi connectivity index (χ4v) is 2.93. The molecule has 0 spiro atoms. The second kappa shape index (κ2) is 6.52. The van der Waals surface area contributed by atoms with E-state index in [0.29, 0.717) is 38.2 Å². The number of nitrogens with zero attached hydrogens (tertiary/aromatic N) is 4.